The van der Waals surface area contributed by atoms with Gasteiger partial charge in [0.25, 0.3) is 0 Å². The van der Waals surface area contributed by atoms with Crippen LogP contribution in [0.3, 0.4) is 0 Å². The van der Waals surface area contributed by atoms with E-state index < -0.39 is 11.9 Å². The lowest BCUT2D eigenvalue weighted by Gasteiger charge is -2.13. The predicted octanol–water partition coefficient (Wildman–Crippen LogP) is 3.05. The van der Waals surface area contributed by atoms with Gasteiger partial charge in [-0.25, -0.2) is 4.98 Å². The van der Waals surface area contributed by atoms with Crippen molar-refractivity contribution in [2.24, 2.45) is 5.92 Å². The molecule has 0 aliphatic carbocycles. The Hall–Kier alpha value is -0.970. The number of carboxylic acid groups (broad SMARTS) is 1. The Kier molecular flexibility index (Phi) is 4.25. The molecular weight excluding hydrogens is 236 g/mol. The molecule has 1 atom stereocenters. The lowest BCUT2D eigenvalue weighted by Crippen LogP contribution is -2.16. The number of carboxylic acids is 1. The molecule has 0 spiro atoms. The Bertz CT molecular complexity index is 393. The number of carbonyl (C=O) groups is 1. The maximum Gasteiger partial charge on any atom is 0.313 e. The van der Waals surface area contributed by atoms with Crippen LogP contribution in [0.25, 0.3) is 0 Å². The molecule has 0 fully saturated rings. The molecule has 0 bridgehead atoms. The van der Waals surface area contributed by atoms with Gasteiger partial charge in [-0.1, -0.05) is 34.6 Å². The fourth-order valence-corrected chi connectivity index (χ4v) is 2.41. The van der Waals surface area contributed by atoms with Gasteiger partial charge >= 0.3 is 5.97 Å². The molecule has 1 rings (SSSR count). The van der Waals surface area contributed by atoms with Crippen molar-refractivity contribution in [2.45, 2.75) is 52.4 Å². The highest BCUT2D eigenvalue weighted by molar-refractivity contribution is 7.05. The zero-order valence-electron chi connectivity index (χ0n) is 11.0. The zero-order valence-corrected chi connectivity index (χ0v) is 11.8. The van der Waals surface area contributed by atoms with Crippen molar-refractivity contribution in [3.8, 4) is 0 Å². The summed E-state index contributed by atoms with van der Waals surface area (Å²) in [5.41, 5.74) is -0.129. The first kappa shape index (κ1) is 14.1. The molecule has 96 valence electrons. The molecular formula is C12H20N2O2S. The summed E-state index contributed by atoms with van der Waals surface area (Å²) >= 11 is 1.21. The van der Waals surface area contributed by atoms with Gasteiger partial charge in [0, 0.05) is 5.41 Å². The largest absolute Gasteiger partial charge is 0.481 e. The van der Waals surface area contributed by atoms with Crippen molar-refractivity contribution in [1.82, 2.24) is 9.36 Å². The summed E-state index contributed by atoms with van der Waals surface area (Å²) in [5.74, 6) is -0.274. The van der Waals surface area contributed by atoms with Gasteiger partial charge in [-0.15, -0.1) is 0 Å². The van der Waals surface area contributed by atoms with E-state index in [1.807, 2.05) is 34.6 Å². The van der Waals surface area contributed by atoms with Crippen LogP contribution in [0, 0.1) is 5.92 Å². The Balaban J connectivity index is 2.96. The average molecular weight is 256 g/mol. The number of hydrogen-bond donors (Lipinski definition) is 1. The summed E-state index contributed by atoms with van der Waals surface area (Å²) in [4.78, 5) is 15.6. The monoisotopic (exact) mass is 256 g/mol. The Morgan fingerprint density at radius 3 is 2.35 bits per heavy atom. The minimum absolute atomic E-state index is 0.129. The van der Waals surface area contributed by atoms with Crippen LogP contribution in [0.15, 0.2) is 0 Å². The number of nitrogens with zero attached hydrogens (tertiary/aromatic N) is 2. The summed E-state index contributed by atoms with van der Waals surface area (Å²) in [7, 11) is 0. The minimum atomic E-state index is -0.810. The van der Waals surface area contributed by atoms with Gasteiger partial charge in [0.05, 0.1) is 0 Å². The van der Waals surface area contributed by atoms with E-state index >= 15 is 0 Å². The number of aromatic nitrogens is 2. The lowest BCUT2D eigenvalue weighted by atomic mass is 9.95. The number of hydrogen-bond acceptors (Lipinski definition) is 4. The first-order valence-electron chi connectivity index (χ1n) is 5.78. The Morgan fingerprint density at radius 1 is 1.41 bits per heavy atom. The first-order chi connectivity index (χ1) is 7.71. The van der Waals surface area contributed by atoms with Crippen LogP contribution in [0.1, 0.15) is 57.8 Å². The minimum Gasteiger partial charge on any atom is -0.481 e. The average Bonchev–Trinajstić information content (AvgIpc) is 2.60. The van der Waals surface area contributed by atoms with E-state index in [1.165, 1.54) is 11.5 Å². The molecule has 0 aliphatic rings. The molecule has 0 aliphatic heterocycles. The highest BCUT2D eigenvalue weighted by atomic mass is 32.1. The summed E-state index contributed by atoms with van der Waals surface area (Å²) < 4.78 is 4.27. The van der Waals surface area contributed by atoms with Gasteiger partial charge in [0.15, 0.2) is 0 Å². The summed E-state index contributed by atoms with van der Waals surface area (Å²) in [6, 6.07) is 0. The van der Waals surface area contributed by atoms with Gasteiger partial charge in [-0.2, -0.15) is 4.37 Å². The van der Waals surface area contributed by atoms with Crippen molar-refractivity contribution in [1.29, 1.82) is 0 Å². The van der Waals surface area contributed by atoms with Crippen molar-refractivity contribution in [2.75, 3.05) is 0 Å². The molecule has 1 unspecified atom stereocenters. The van der Waals surface area contributed by atoms with Crippen molar-refractivity contribution in [3.05, 3.63) is 10.8 Å². The maximum absolute atomic E-state index is 11.2. The van der Waals surface area contributed by atoms with E-state index in [-0.39, 0.29) is 5.41 Å². The first-order valence-corrected chi connectivity index (χ1v) is 6.56. The van der Waals surface area contributed by atoms with E-state index in [2.05, 4.69) is 9.36 Å². The lowest BCUT2D eigenvalue weighted by molar-refractivity contribution is -0.139. The second-order valence-corrected chi connectivity index (χ2v) is 6.51. The molecule has 0 aromatic carbocycles. The molecule has 17 heavy (non-hydrogen) atoms. The standard InChI is InChI=1S/C12H20N2O2S/c1-7(2)6-8(10(15)16)9-13-11(14-17-9)12(3,4)5/h7-8H,6H2,1-5H3,(H,15,16). The maximum atomic E-state index is 11.2. The van der Waals surface area contributed by atoms with Gasteiger partial charge in [-0.3, -0.25) is 4.79 Å². The van der Waals surface area contributed by atoms with Crippen LogP contribution in [0.5, 0.6) is 0 Å². The van der Waals surface area contributed by atoms with Gasteiger partial charge in [-0.05, 0) is 23.9 Å². The van der Waals surface area contributed by atoms with Crippen LogP contribution in [-0.2, 0) is 10.2 Å². The highest BCUT2D eigenvalue weighted by Gasteiger charge is 2.27. The van der Waals surface area contributed by atoms with E-state index in [9.17, 15) is 9.90 Å². The van der Waals surface area contributed by atoms with E-state index in [0.717, 1.165) is 5.82 Å². The second kappa shape index (κ2) is 5.12. The molecule has 4 nitrogen and oxygen atoms in total. The smallest absolute Gasteiger partial charge is 0.313 e. The van der Waals surface area contributed by atoms with Crippen LogP contribution >= 0.6 is 11.5 Å². The van der Waals surface area contributed by atoms with Crippen molar-refractivity contribution >= 4 is 17.5 Å². The van der Waals surface area contributed by atoms with Crippen molar-refractivity contribution in [3.63, 3.8) is 0 Å². The normalized spacial score (nSPS) is 14.0. The molecule has 0 saturated carbocycles. The Morgan fingerprint density at radius 2 is 2.00 bits per heavy atom. The molecule has 1 N–H and O–H groups in total. The third-order valence-corrected chi connectivity index (χ3v) is 3.24. The predicted molar refractivity (Wildman–Crippen MR) is 68.4 cm³/mol. The molecule has 5 heteroatoms. The van der Waals surface area contributed by atoms with Gasteiger partial charge < -0.3 is 5.11 Å². The Labute approximate surface area is 106 Å². The third kappa shape index (κ3) is 3.77. The third-order valence-electron chi connectivity index (χ3n) is 2.42. The molecule has 0 amide bonds. The van der Waals surface area contributed by atoms with Crippen LogP contribution in [0.2, 0.25) is 0 Å². The molecule has 1 aromatic heterocycles. The molecule has 0 saturated heterocycles. The van der Waals surface area contributed by atoms with E-state index in [1.54, 1.807) is 0 Å². The van der Waals surface area contributed by atoms with E-state index in [4.69, 9.17) is 0 Å². The van der Waals surface area contributed by atoms with E-state index in [0.29, 0.717) is 17.3 Å². The SMILES string of the molecule is CC(C)CC(C(=O)O)c1nc(C(C)(C)C)ns1. The van der Waals surface area contributed by atoms with Crippen LogP contribution < -0.4 is 0 Å². The van der Waals surface area contributed by atoms with Gasteiger partial charge in [0.1, 0.15) is 16.7 Å². The summed E-state index contributed by atoms with van der Waals surface area (Å²) in [6.07, 6.45) is 0.605. The number of rotatable bonds is 4. The summed E-state index contributed by atoms with van der Waals surface area (Å²) in [5, 5.41) is 9.85. The van der Waals surface area contributed by atoms with Crippen LogP contribution in [0.4, 0.5) is 0 Å². The van der Waals surface area contributed by atoms with Crippen LogP contribution in [-0.4, -0.2) is 20.4 Å². The van der Waals surface area contributed by atoms with Crippen molar-refractivity contribution < 1.29 is 9.90 Å². The quantitative estimate of drug-likeness (QED) is 0.899. The number of aliphatic carboxylic acids is 1. The molecule has 1 heterocycles. The van der Waals surface area contributed by atoms with Gasteiger partial charge in [0.2, 0.25) is 0 Å². The highest BCUT2D eigenvalue weighted by Crippen LogP contribution is 2.28. The molecule has 1 aromatic rings. The second-order valence-electron chi connectivity index (χ2n) is 5.73. The fraction of sp³-hybridized carbons (Fsp3) is 0.750. The topological polar surface area (TPSA) is 63.1 Å². The zero-order chi connectivity index (χ0) is 13.2. The molecule has 0 radical (unpaired) electrons. The summed E-state index contributed by atoms with van der Waals surface area (Å²) in [6.45, 7) is 10.1. The fourth-order valence-electron chi connectivity index (χ4n) is 1.46.